The molecule has 1 aliphatic rings. The van der Waals surface area contributed by atoms with Crippen molar-refractivity contribution >= 4 is 10.2 Å². The molecule has 1 fully saturated rings. The average molecular weight is 249 g/mol. The molecule has 1 unspecified atom stereocenters. The first-order valence-electron chi connectivity index (χ1n) is 5.79. The van der Waals surface area contributed by atoms with Crippen molar-refractivity contribution in [3.8, 4) is 0 Å². The zero-order valence-corrected chi connectivity index (χ0v) is 11.2. The van der Waals surface area contributed by atoms with Crippen LogP contribution in [0.15, 0.2) is 0 Å². The Morgan fingerprint density at radius 1 is 1.25 bits per heavy atom. The van der Waals surface area contributed by atoms with E-state index in [4.69, 9.17) is 5.73 Å². The predicted molar refractivity (Wildman–Crippen MR) is 65.0 cm³/mol. The molecule has 3 N–H and O–H groups in total. The minimum absolute atomic E-state index is 0.387. The Kier molecular flexibility index (Phi) is 4.34. The Hall–Kier alpha value is -0.170. The SMILES string of the molecule is CC(C)(C)NS(=O)(=O)N1CCCCCC1N. The van der Waals surface area contributed by atoms with Crippen molar-refractivity contribution in [2.45, 2.75) is 58.2 Å². The van der Waals surface area contributed by atoms with Gasteiger partial charge in [-0.25, -0.2) is 0 Å². The number of hydrogen-bond acceptors (Lipinski definition) is 3. The summed E-state index contributed by atoms with van der Waals surface area (Å²) in [5, 5.41) is 0. The van der Waals surface area contributed by atoms with Crippen LogP contribution in [0.1, 0.15) is 46.5 Å². The Morgan fingerprint density at radius 3 is 2.44 bits per heavy atom. The molecule has 1 saturated heterocycles. The van der Waals surface area contributed by atoms with E-state index in [1.807, 2.05) is 20.8 Å². The smallest absolute Gasteiger partial charge is 0.281 e. The van der Waals surface area contributed by atoms with E-state index in [0.717, 1.165) is 25.7 Å². The van der Waals surface area contributed by atoms with E-state index in [9.17, 15) is 8.42 Å². The second kappa shape index (κ2) is 5.00. The summed E-state index contributed by atoms with van der Waals surface area (Å²) in [5.74, 6) is 0. The van der Waals surface area contributed by atoms with Crippen LogP contribution in [-0.2, 0) is 10.2 Å². The van der Waals surface area contributed by atoms with Crippen molar-refractivity contribution in [2.75, 3.05) is 6.54 Å². The van der Waals surface area contributed by atoms with Crippen LogP contribution in [0, 0.1) is 0 Å². The third-order valence-corrected chi connectivity index (χ3v) is 4.43. The molecule has 0 bridgehead atoms. The Bertz CT molecular complexity index is 321. The van der Waals surface area contributed by atoms with E-state index in [-0.39, 0.29) is 6.17 Å². The summed E-state index contributed by atoms with van der Waals surface area (Å²) in [6, 6.07) is 0. The normalized spacial score (nSPS) is 25.4. The van der Waals surface area contributed by atoms with Crippen molar-refractivity contribution in [1.82, 2.24) is 9.03 Å². The fourth-order valence-corrected chi connectivity index (χ4v) is 3.57. The van der Waals surface area contributed by atoms with Gasteiger partial charge in [-0.2, -0.15) is 17.4 Å². The molecule has 0 aromatic carbocycles. The van der Waals surface area contributed by atoms with E-state index in [1.165, 1.54) is 4.31 Å². The number of hydrogen-bond donors (Lipinski definition) is 2. The summed E-state index contributed by atoms with van der Waals surface area (Å²) >= 11 is 0. The van der Waals surface area contributed by atoms with E-state index in [2.05, 4.69) is 4.72 Å². The van der Waals surface area contributed by atoms with Gasteiger partial charge in [-0.15, -0.1) is 0 Å². The lowest BCUT2D eigenvalue weighted by atomic mass is 10.1. The molecule has 0 aromatic heterocycles. The second-order valence-electron chi connectivity index (χ2n) is 5.38. The fourth-order valence-electron chi connectivity index (χ4n) is 1.85. The number of nitrogens with one attached hydrogen (secondary N) is 1. The van der Waals surface area contributed by atoms with Gasteiger partial charge in [-0.1, -0.05) is 12.8 Å². The van der Waals surface area contributed by atoms with Gasteiger partial charge in [0.1, 0.15) is 0 Å². The largest absolute Gasteiger partial charge is 0.315 e. The Labute approximate surface area is 98.6 Å². The van der Waals surface area contributed by atoms with Crippen LogP contribution in [0.3, 0.4) is 0 Å². The van der Waals surface area contributed by atoms with Crippen LogP contribution < -0.4 is 10.5 Å². The van der Waals surface area contributed by atoms with Gasteiger partial charge in [0.2, 0.25) is 0 Å². The van der Waals surface area contributed by atoms with Crippen LogP contribution in [0.25, 0.3) is 0 Å². The molecular weight excluding hydrogens is 226 g/mol. The highest BCUT2D eigenvalue weighted by Gasteiger charge is 2.31. The molecule has 5 nitrogen and oxygen atoms in total. The lowest BCUT2D eigenvalue weighted by Gasteiger charge is -2.30. The van der Waals surface area contributed by atoms with E-state index >= 15 is 0 Å². The lowest BCUT2D eigenvalue weighted by Crippen LogP contribution is -2.54. The lowest BCUT2D eigenvalue weighted by molar-refractivity contribution is 0.316. The monoisotopic (exact) mass is 249 g/mol. The van der Waals surface area contributed by atoms with Crippen molar-refractivity contribution in [1.29, 1.82) is 0 Å². The predicted octanol–water partition coefficient (Wildman–Crippen LogP) is 0.780. The summed E-state index contributed by atoms with van der Waals surface area (Å²) in [4.78, 5) is 0. The minimum Gasteiger partial charge on any atom is -0.315 e. The number of nitrogens with zero attached hydrogens (tertiary/aromatic N) is 1. The van der Waals surface area contributed by atoms with Crippen LogP contribution in [0.5, 0.6) is 0 Å². The molecule has 16 heavy (non-hydrogen) atoms. The maximum atomic E-state index is 12.1. The summed E-state index contributed by atoms with van der Waals surface area (Å²) in [5.41, 5.74) is 5.42. The molecular formula is C10H23N3O2S. The van der Waals surface area contributed by atoms with Gasteiger partial charge in [0.25, 0.3) is 10.2 Å². The molecule has 0 aromatic rings. The molecule has 1 aliphatic heterocycles. The molecule has 0 saturated carbocycles. The van der Waals surface area contributed by atoms with Crippen molar-refractivity contribution < 1.29 is 8.42 Å². The molecule has 96 valence electrons. The molecule has 1 atom stereocenters. The molecule has 0 amide bonds. The molecule has 1 rings (SSSR count). The molecule has 0 aliphatic carbocycles. The fraction of sp³-hybridized carbons (Fsp3) is 1.00. The molecule has 1 heterocycles. The van der Waals surface area contributed by atoms with E-state index < -0.39 is 15.7 Å². The van der Waals surface area contributed by atoms with Crippen molar-refractivity contribution in [2.24, 2.45) is 5.73 Å². The first-order valence-corrected chi connectivity index (χ1v) is 7.23. The zero-order chi connectivity index (χ0) is 12.4. The van der Waals surface area contributed by atoms with Crippen molar-refractivity contribution in [3.05, 3.63) is 0 Å². The van der Waals surface area contributed by atoms with Gasteiger partial charge in [-0.3, -0.25) is 0 Å². The van der Waals surface area contributed by atoms with E-state index in [1.54, 1.807) is 0 Å². The maximum absolute atomic E-state index is 12.1. The van der Waals surface area contributed by atoms with Gasteiger partial charge >= 0.3 is 0 Å². The zero-order valence-electron chi connectivity index (χ0n) is 10.4. The topological polar surface area (TPSA) is 75.4 Å². The number of nitrogens with two attached hydrogens (primary N) is 1. The van der Waals surface area contributed by atoms with Crippen LogP contribution in [0.4, 0.5) is 0 Å². The quantitative estimate of drug-likeness (QED) is 0.759. The minimum atomic E-state index is -3.46. The highest BCUT2D eigenvalue weighted by Crippen LogP contribution is 2.17. The summed E-state index contributed by atoms with van der Waals surface area (Å²) in [6.45, 7) is 6.00. The first kappa shape index (κ1) is 13.9. The third-order valence-electron chi connectivity index (χ3n) is 2.49. The van der Waals surface area contributed by atoms with Crippen LogP contribution >= 0.6 is 0 Å². The van der Waals surface area contributed by atoms with Gasteiger partial charge < -0.3 is 5.73 Å². The second-order valence-corrected chi connectivity index (χ2v) is 7.01. The summed E-state index contributed by atoms with van der Waals surface area (Å²) < 4.78 is 28.2. The molecule has 0 radical (unpaired) electrons. The van der Waals surface area contributed by atoms with Crippen LogP contribution in [0.2, 0.25) is 0 Å². The highest BCUT2D eigenvalue weighted by molar-refractivity contribution is 7.87. The molecule has 0 spiro atoms. The highest BCUT2D eigenvalue weighted by atomic mass is 32.2. The van der Waals surface area contributed by atoms with E-state index in [0.29, 0.717) is 6.54 Å². The first-order chi connectivity index (χ1) is 7.22. The molecule has 6 heteroatoms. The van der Waals surface area contributed by atoms with Gasteiger partial charge in [0, 0.05) is 12.1 Å². The average Bonchev–Trinajstić information content (AvgIpc) is 2.25. The summed E-state index contributed by atoms with van der Waals surface area (Å²) in [6.07, 6.45) is 3.30. The summed E-state index contributed by atoms with van der Waals surface area (Å²) in [7, 11) is -3.46. The Balaban J connectivity index is 2.80. The number of rotatable bonds is 2. The van der Waals surface area contributed by atoms with Gasteiger partial charge in [0.05, 0.1) is 6.17 Å². The van der Waals surface area contributed by atoms with Crippen molar-refractivity contribution in [3.63, 3.8) is 0 Å². The standard InChI is InChI=1S/C10H23N3O2S/c1-10(2,3)12-16(14,15)13-8-6-4-5-7-9(13)11/h9,12H,4-8,11H2,1-3H3. The maximum Gasteiger partial charge on any atom is 0.281 e. The Morgan fingerprint density at radius 2 is 1.88 bits per heavy atom. The van der Waals surface area contributed by atoms with Crippen LogP contribution in [-0.4, -0.2) is 31.0 Å². The third kappa shape index (κ3) is 4.01. The van der Waals surface area contributed by atoms with Gasteiger partial charge in [0.15, 0.2) is 0 Å². The van der Waals surface area contributed by atoms with Gasteiger partial charge in [-0.05, 0) is 33.6 Å².